The minimum absolute atomic E-state index is 0.0239. The van der Waals surface area contributed by atoms with Gasteiger partial charge in [-0.25, -0.2) is 4.98 Å². The van der Waals surface area contributed by atoms with Crippen molar-refractivity contribution in [1.82, 2.24) is 4.98 Å². The van der Waals surface area contributed by atoms with Crippen molar-refractivity contribution in [2.24, 2.45) is 0 Å². The van der Waals surface area contributed by atoms with Crippen molar-refractivity contribution >= 4 is 22.5 Å². The van der Waals surface area contributed by atoms with Crippen LogP contribution in [0.2, 0.25) is 0 Å². The summed E-state index contributed by atoms with van der Waals surface area (Å²) in [5, 5.41) is 10.8. The molecule has 5 rings (SSSR count). The van der Waals surface area contributed by atoms with Crippen LogP contribution in [-0.4, -0.2) is 42.2 Å². The third kappa shape index (κ3) is 2.42. The first-order chi connectivity index (χ1) is 13.2. The number of carbonyl (C=O) groups excluding carboxylic acids is 1. The molecule has 1 fully saturated rings. The molecule has 0 unspecified atom stereocenters. The molecular formula is C22H20N2O3. The van der Waals surface area contributed by atoms with E-state index in [1.54, 1.807) is 7.11 Å². The van der Waals surface area contributed by atoms with Gasteiger partial charge in [0.25, 0.3) is 0 Å². The number of anilines is 1. The summed E-state index contributed by atoms with van der Waals surface area (Å²) in [5.74, 6) is 1.54. The van der Waals surface area contributed by atoms with Gasteiger partial charge in [0.05, 0.1) is 18.7 Å². The predicted octanol–water partition coefficient (Wildman–Crippen LogP) is 3.42. The Bertz CT molecular complexity index is 1070. The van der Waals surface area contributed by atoms with Crippen LogP contribution in [-0.2, 0) is 0 Å². The third-order valence-electron chi connectivity index (χ3n) is 5.61. The second-order valence-electron chi connectivity index (χ2n) is 7.16. The number of aromatic nitrogens is 1. The van der Waals surface area contributed by atoms with E-state index in [4.69, 9.17) is 9.72 Å². The van der Waals surface area contributed by atoms with Crippen LogP contribution >= 0.6 is 0 Å². The molecule has 0 radical (unpaired) electrons. The Morgan fingerprint density at radius 1 is 1.07 bits per heavy atom. The van der Waals surface area contributed by atoms with Gasteiger partial charge in [-0.3, -0.25) is 4.79 Å². The zero-order valence-corrected chi connectivity index (χ0v) is 15.1. The maximum Gasteiger partial charge on any atom is 0.195 e. The summed E-state index contributed by atoms with van der Waals surface area (Å²) < 4.78 is 5.33. The van der Waals surface area contributed by atoms with Gasteiger partial charge in [-0.2, -0.15) is 0 Å². The molecule has 1 aliphatic carbocycles. The molecule has 0 saturated carbocycles. The average molecular weight is 360 g/mol. The molecule has 136 valence electrons. The SMILES string of the molecule is COc1ccc2c(c1)C(=O)c1c-2c(N2CCC(O)CC2)nc2ccccc12. The molecule has 2 aromatic carbocycles. The van der Waals surface area contributed by atoms with Crippen molar-refractivity contribution in [3.8, 4) is 16.9 Å². The summed E-state index contributed by atoms with van der Waals surface area (Å²) in [6.45, 7) is 1.47. The van der Waals surface area contributed by atoms with Crippen molar-refractivity contribution < 1.29 is 14.6 Å². The van der Waals surface area contributed by atoms with Crippen LogP contribution in [0.25, 0.3) is 22.0 Å². The lowest BCUT2D eigenvalue weighted by Crippen LogP contribution is -2.36. The summed E-state index contributed by atoms with van der Waals surface area (Å²) in [6, 6.07) is 13.5. The van der Waals surface area contributed by atoms with Crippen LogP contribution in [0, 0.1) is 0 Å². The van der Waals surface area contributed by atoms with E-state index in [0.717, 1.165) is 46.5 Å². The maximum absolute atomic E-state index is 13.3. The molecule has 0 amide bonds. The molecule has 5 nitrogen and oxygen atoms in total. The fourth-order valence-electron chi connectivity index (χ4n) is 4.19. The number of ketones is 1. The van der Waals surface area contributed by atoms with Gasteiger partial charge in [-0.1, -0.05) is 18.2 Å². The Morgan fingerprint density at radius 3 is 2.63 bits per heavy atom. The number of para-hydroxylation sites is 1. The number of ether oxygens (including phenoxy) is 1. The summed E-state index contributed by atoms with van der Waals surface area (Å²) in [6.07, 6.45) is 1.17. The van der Waals surface area contributed by atoms with Crippen LogP contribution in [0.4, 0.5) is 5.82 Å². The van der Waals surface area contributed by atoms with Gasteiger partial charge >= 0.3 is 0 Å². The van der Waals surface area contributed by atoms with E-state index in [0.29, 0.717) is 24.2 Å². The molecule has 27 heavy (non-hydrogen) atoms. The number of hydrogen-bond acceptors (Lipinski definition) is 5. The van der Waals surface area contributed by atoms with Gasteiger partial charge in [-0.15, -0.1) is 0 Å². The van der Waals surface area contributed by atoms with Crippen molar-refractivity contribution in [2.45, 2.75) is 18.9 Å². The van der Waals surface area contributed by atoms with Crippen LogP contribution in [0.1, 0.15) is 28.8 Å². The zero-order valence-electron chi connectivity index (χ0n) is 15.1. The number of hydrogen-bond donors (Lipinski definition) is 1. The lowest BCUT2D eigenvalue weighted by Gasteiger charge is -2.32. The smallest absolute Gasteiger partial charge is 0.195 e. The number of piperidine rings is 1. The first kappa shape index (κ1) is 16.3. The van der Waals surface area contributed by atoms with Crippen LogP contribution in [0.3, 0.4) is 0 Å². The molecule has 0 bridgehead atoms. The largest absolute Gasteiger partial charge is 0.497 e. The Kier molecular flexibility index (Phi) is 3.65. The highest BCUT2D eigenvalue weighted by Gasteiger charge is 2.34. The van der Waals surface area contributed by atoms with Gasteiger partial charge < -0.3 is 14.7 Å². The fourth-order valence-corrected chi connectivity index (χ4v) is 4.19. The van der Waals surface area contributed by atoms with E-state index >= 15 is 0 Å². The highest BCUT2D eigenvalue weighted by atomic mass is 16.5. The first-order valence-corrected chi connectivity index (χ1v) is 9.26. The minimum atomic E-state index is -0.257. The van der Waals surface area contributed by atoms with Gasteiger partial charge in [0.1, 0.15) is 11.6 Å². The van der Waals surface area contributed by atoms with E-state index in [1.807, 2.05) is 42.5 Å². The monoisotopic (exact) mass is 360 g/mol. The van der Waals surface area contributed by atoms with Gasteiger partial charge in [-0.05, 0) is 42.7 Å². The number of methoxy groups -OCH3 is 1. The molecular weight excluding hydrogens is 340 g/mol. The van der Waals surface area contributed by atoms with E-state index < -0.39 is 0 Å². The summed E-state index contributed by atoms with van der Waals surface area (Å²) in [7, 11) is 1.61. The topological polar surface area (TPSA) is 62.7 Å². The normalized spacial score (nSPS) is 16.5. The number of nitrogens with zero attached hydrogens (tertiary/aromatic N) is 2. The number of pyridine rings is 1. The predicted molar refractivity (Wildman–Crippen MR) is 105 cm³/mol. The number of rotatable bonds is 2. The Balaban J connectivity index is 1.78. The number of aliphatic hydroxyl groups excluding tert-OH is 1. The number of benzene rings is 2. The molecule has 1 aliphatic heterocycles. The van der Waals surface area contributed by atoms with E-state index in [2.05, 4.69) is 4.90 Å². The Hall–Kier alpha value is -2.92. The molecule has 2 aliphatic rings. The highest BCUT2D eigenvalue weighted by molar-refractivity contribution is 6.28. The standard InChI is InChI=1S/C22H20N2O3/c1-27-14-6-7-15-17(12-14)21(26)19-16-4-2-3-5-18(16)23-22(20(15)19)24-10-8-13(25)9-11-24/h2-7,12-13,25H,8-11H2,1H3. The molecule has 1 saturated heterocycles. The van der Waals surface area contributed by atoms with Crippen molar-refractivity contribution in [1.29, 1.82) is 0 Å². The van der Waals surface area contributed by atoms with Crippen molar-refractivity contribution in [2.75, 3.05) is 25.1 Å². The van der Waals surface area contributed by atoms with Crippen LogP contribution in [0.5, 0.6) is 5.75 Å². The lowest BCUT2D eigenvalue weighted by atomic mass is 10.0. The summed E-state index contributed by atoms with van der Waals surface area (Å²) >= 11 is 0. The molecule has 2 heterocycles. The van der Waals surface area contributed by atoms with Gasteiger partial charge in [0.15, 0.2) is 5.78 Å². The Labute approximate surface area is 157 Å². The molecule has 3 aromatic rings. The number of aliphatic hydroxyl groups is 1. The quantitative estimate of drug-likeness (QED) is 0.593. The van der Waals surface area contributed by atoms with Crippen molar-refractivity contribution in [3.05, 3.63) is 53.6 Å². The van der Waals surface area contributed by atoms with Gasteiger partial charge in [0, 0.05) is 35.2 Å². The highest BCUT2D eigenvalue weighted by Crippen LogP contribution is 2.46. The van der Waals surface area contributed by atoms with Crippen LogP contribution < -0.4 is 9.64 Å². The summed E-state index contributed by atoms with van der Waals surface area (Å²) in [4.78, 5) is 20.4. The lowest BCUT2D eigenvalue weighted by molar-refractivity contribution is 0.104. The Morgan fingerprint density at radius 2 is 1.85 bits per heavy atom. The van der Waals surface area contributed by atoms with E-state index in [1.165, 1.54) is 0 Å². The van der Waals surface area contributed by atoms with Crippen molar-refractivity contribution in [3.63, 3.8) is 0 Å². The molecule has 0 spiro atoms. The van der Waals surface area contributed by atoms with Gasteiger partial charge in [0.2, 0.25) is 0 Å². The average Bonchev–Trinajstić information content (AvgIpc) is 3.00. The second kappa shape index (κ2) is 6.06. The molecule has 1 aromatic heterocycles. The number of carbonyl (C=O) groups is 1. The number of fused-ring (bicyclic) bond motifs is 5. The molecule has 0 atom stereocenters. The van der Waals surface area contributed by atoms with E-state index in [9.17, 15) is 9.90 Å². The zero-order chi connectivity index (χ0) is 18.5. The molecule has 5 heteroatoms. The first-order valence-electron chi connectivity index (χ1n) is 9.26. The van der Waals surface area contributed by atoms with Crippen LogP contribution in [0.15, 0.2) is 42.5 Å². The maximum atomic E-state index is 13.3. The minimum Gasteiger partial charge on any atom is -0.497 e. The van der Waals surface area contributed by atoms with E-state index in [-0.39, 0.29) is 11.9 Å². The fraction of sp³-hybridized carbons (Fsp3) is 0.273. The summed E-state index contributed by atoms with van der Waals surface area (Å²) in [5.41, 5.74) is 4.04. The third-order valence-corrected chi connectivity index (χ3v) is 5.61. The second-order valence-corrected chi connectivity index (χ2v) is 7.16. The molecule has 1 N–H and O–H groups in total.